The van der Waals surface area contributed by atoms with E-state index in [1.807, 2.05) is 0 Å². The molecule has 1 aromatic heterocycles. The molecule has 42 heavy (non-hydrogen) atoms. The first-order chi connectivity index (χ1) is 20.1. The van der Waals surface area contributed by atoms with Crippen molar-refractivity contribution in [2.75, 3.05) is 11.3 Å². The molecule has 2 N–H and O–H groups in total. The van der Waals surface area contributed by atoms with Gasteiger partial charge in [-0.15, -0.1) is 0 Å². The zero-order valence-electron chi connectivity index (χ0n) is 22.5. The van der Waals surface area contributed by atoms with E-state index >= 15 is 0 Å². The van der Waals surface area contributed by atoms with Crippen LogP contribution in [0.15, 0.2) is 102 Å². The molecule has 2 amide bonds. The Kier molecular flexibility index (Phi) is 9.81. The largest absolute Gasteiger partial charge is 0.484 e. The summed E-state index contributed by atoms with van der Waals surface area (Å²) < 4.78 is 59.9. The Hall–Kier alpha value is -4.84. The van der Waals surface area contributed by atoms with E-state index < -0.39 is 46.1 Å². The van der Waals surface area contributed by atoms with Gasteiger partial charge in [0.25, 0.3) is 15.9 Å². The van der Waals surface area contributed by atoms with E-state index in [4.69, 9.17) is 4.74 Å². The van der Waals surface area contributed by atoms with Crippen LogP contribution in [0.3, 0.4) is 0 Å². The van der Waals surface area contributed by atoms with Gasteiger partial charge in [0, 0.05) is 31.2 Å². The molecular weight excluding hydrogens is 566 g/mol. The third-order valence-electron chi connectivity index (χ3n) is 6.24. The van der Waals surface area contributed by atoms with Crippen LogP contribution in [-0.2, 0) is 32.7 Å². The molecule has 3 aromatic carbocycles. The zero-order valence-corrected chi connectivity index (χ0v) is 23.4. The van der Waals surface area contributed by atoms with E-state index in [9.17, 15) is 26.8 Å². The Bertz CT molecular complexity index is 1600. The summed E-state index contributed by atoms with van der Waals surface area (Å²) in [4.78, 5) is 31.4. The summed E-state index contributed by atoms with van der Waals surface area (Å²) in [5.74, 6) is -1.61. The topological polar surface area (TPSA) is 118 Å². The molecule has 1 heterocycles. The Morgan fingerprint density at radius 2 is 1.45 bits per heavy atom. The second-order valence-electron chi connectivity index (χ2n) is 9.27. The van der Waals surface area contributed by atoms with Crippen molar-refractivity contribution < 1.29 is 31.5 Å². The van der Waals surface area contributed by atoms with Gasteiger partial charge in [-0.3, -0.25) is 19.3 Å². The molecule has 4 aromatic rings. The van der Waals surface area contributed by atoms with Crippen molar-refractivity contribution in [3.05, 3.63) is 120 Å². The van der Waals surface area contributed by atoms with Crippen LogP contribution < -0.4 is 14.8 Å². The molecule has 0 radical (unpaired) electrons. The lowest BCUT2D eigenvalue weighted by molar-refractivity contribution is -0.142. The molecule has 12 heteroatoms. The Labute approximate surface area is 242 Å². The molecule has 1 atom stereocenters. The van der Waals surface area contributed by atoms with E-state index in [-0.39, 0.29) is 29.4 Å². The number of anilines is 1. The molecule has 0 saturated heterocycles. The number of halogens is 2. The van der Waals surface area contributed by atoms with Gasteiger partial charge in [0.1, 0.15) is 23.4 Å². The van der Waals surface area contributed by atoms with E-state index in [0.717, 1.165) is 17.7 Å². The van der Waals surface area contributed by atoms with Crippen molar-refractivity contribution in [2.45, 2.75) is 31.0 Å². The molecular formula is C30H28F2N4O5S. The minimum absolute atomic E-state index is 0.0263. The maximum Gasteiger partial charge on any atom is 0.261 e. The number of carbonyl (C=O) groups is 2. The fourth-order valence-electron chi connectivity index (χ4n) is 3.88. The first-order valence-electron chi connectivity index (χ1n) is 12.8. The van der Waals surface area contributed by atoms with Crippen molar-refractivity contribution in [3.63, 3.8) is 0 Å². The quantitative estimate of drug-likeness (QED) is 0.253. The molecule has 9 nitrogen and oxygen atoms in total. The number of rotatable bonds is 12. The van der Waals surface area contributed by atoms with Gasteiger partial charge < -0.3 is 15.0 Å². The van der Waals surface area contributed by atoms with Gasteiger partial charge in [0.15, 0.2) is 6.61 Å². The van der Waals surface area contributed by atoms with Crippen LogP contribution in [0.25, 0.3) is 0 Å². The average molecular weight is 595 g/mol. The van der Waals surface area contributed by atoms with Gasteiger partial charge >= 0.3 is 0 Å². The number of ether oxygens (including phenoxy) is 1. The normalized spacial score (nSPS) is 11.8. The van der Waals surface area contributed by atoms with Gasteiger partial charge in [-0.25, -0.2) is 17.2 Å². The lowest BCUT2D eigenvalue weighted by Crippen LogP contribution is -2.48. The number of nitrogens with zero attached hydrogens (tertiary/aromatic N) is 2. The Morgan fingerprint density at radius 3 is 2.07 bits per heavy atom. The minimum Gasteiger partial charge on any atom is -0.484 e. The molecule has 0 aliphatic rings. The SMILES string of the molecule is C[C@@H](C(=O)NCc1ccncc1)N(Cc1ccc(F)cc1)C(=O)COc1ccc(S(=O)(=O)Nc2ccc(F)cc2)cc1. The predicted molar refractivity (Wildman–Crippen MR) is 152 cm³/mol. The lowest BCUT2D eigenvalue weighted by Gasteiger charge is -2.28. The second-order valence-corrected chi connectivity index (χ2v) is 11.0. The summed E-state index contributed by atoms with van der Waals surface area (Å²) in [5.41, 5.74) is 1.65. The highest BCUT2D eigenvalue weighted by Gasteiger charge is 2.26. The van der Waals surface area contributed by atoms with Gasteiger partial charge in [-0.1, -0.05) is 12.1 Å². The first-order valence-corrected chi connectivity index (χ1v) is 14.3. The molecule has 0 aliphatic heterocycles. The summed E-state index contributed by atoms with van der Waals surface area (Å²) in [6, 6.07) is 18.5. The first kappa shape index (κ1) is 30.1. The van der Waals surface area contributed by atoms with Crippen LogP contribution >= 0.6 is 0 Å². The van der Waals surface area contributed by atoms with E-state index in [0.29, 0.717) is 5.56 Å². The number of sulfonamides is 1. The van der Waals surface area contributed by atoms with Gasteiger partial charge in [-0.2, -0.15) is 0 Å². The van der Waals surface area contributed by atoms with Gasteiger partial charge in [-0.05, 0) is 90.8 Å². The van der Waals surface area contributed by atoms with Crippen molar-refractivity contribution >= 4 is 27.5 Å². The highest BCUT2D eigenvalue weighted by atomic mass is 32.2. The number of aromatic nitrogens is 1. The fraction of sp³-hybridized carbons (Fsp3) is 0.167. The molecule has 0 spiro atoms. The predicted octanol–water partition coefficient (Wildman–Crippen LogP) is 4.27. The standard InChI is InChI=1S/C30H28F2N4O5S/c1-21(30(38)34-18-22-14-16-33-17-15-22)36(19-23-2-4-24(31)5-3-23)29(37)20-41-27-10-12-28(13-11-27)42(39,40)35-26-8-6-25(32)7-9-26/h2-17,21,35H,18-20H2,1H3,(H,34,38)/t21-/m0/s1. The van der Waals surface area contributed by atoms with E-state index in [2.05, 4.69) is 15.0 Å². The third kappa shape index (κ3) is 8.33. The third-order valence-corrected chi connectivity index (χ3v) is 7.64. The van der Waals surface area contributed by atoms with E-state index in [1.165, 1.54) is 65.6 Å². The van der Waals surface area contributed by atoms with Crippen LogP contribution in [0, 0.1) is 11.6 Å². The average Bonchev–Trinajstić information content (AvgIpc) is 3.00. The fourth-order valence-corrected chi connectivity index (χ4v) is 4.94. The zero-order chi connectivity index (χ0) is 30.1. The molecule has 4 rings (SSSR count). The van der Waals surface area contributed by atoms with Gasteiger partial charge in [0.2, 0.25) is 5.91 Å². The summed E-state index contributed by atoms with van der Waals surface area (Å²) in [5, 5.41) is 2.80. The van der Waals surface area contributed by atoms with Crippen molar-refractivity contribution in [1.29, 1.82) is 0 Å². The number of hydrogen-bond acceptors (Lipinski definition) is 6. The lowest BCUT2D eigenvalue weighted by atomic mass is 10.1. The summed E-state index contributed by atoms with van der Waals surface area (Å²) in [6.45, 7) is 1.41. The van der Waals surface area contributed by atoms with Crippen LogP contribution in [0.5, 0.6) is 5.75 Å². The van der Waals surface area contributed by atoms with Crippen LogP contribution in [0.4, 0.5) is 14.5 Å². The molecule has 0 bridgehead atoms. The number of amides is 2. The Balaban J connectivity index is 1.41. The monoisotopic (exact) mass is 594 g/mol. The second kappa shape index (κ2) is 13.7. The number of carbonyl (C=O) groups excluding carboxylic acids is 2. The van der Waals surface area contributed by atoms with Crippen LogP contribution in [0.1, 0.15) is 18.1 Å². The van der Waals surface area contributed by atoms with Gasteiger partial charge in [0.05, 0.1) is 4.90 Å². The minimum atomic E-state index is -3.95. The number of nitrogens with one attached hydrogen (secondary N) is 2. The van der Waals surface area contributed by atoms with Crippen molar-refractivity contribution in [3.8, 4) is 5.75 Å². The highest BCUT2D eigenvalue weighted by molar-refractivity contribution is 7.92. The summed E-state index contributed by atoms with van der Waals surface area (Å²) >= 11 is 0. The molecule has 0 unspecified atom stereocenters. The van der Waals surface area contributed by atoms with Crippen LogP contribution in [-0.4, -0.2) is 42.8 Å². The molecule has 218 valence electrons. The number of pyridine rings is 1. The summed E-state index contributed by atoms with van der Waals surface area (Å²) in [6.07, 6.45) is 3.22. The smallest absolute Gasteiger partial charge is 0.261 e. The van der Waals surface area contributed by atoms with Crippen LogP contribution in [0.2, 0.25) is 0 Å². The van der Waals surface area contributed by atoms with Crippen molar-refractivity contribution in [1.82, 2.24) is 15.2 Å². The maximum absolute atomic E-state index is 13.4. The Morgan fingerprint density at radius 1 is 0.857 bits per heavy atom. The highest BCUT2D eigenvalue weighted by Crippen LogP contribution is 2.20. The maximum atomic E-state index is 13.4. The van der Waals surface area contributed by atoms with E-state index in [1.54, 1.807) is 31.5 Å². The molecule has 0 saturated carbocycles. The summed E-state index contributed by atoms with van der Waals surface area (Å²) in [7, 11) is -3.95. The van der Waals surface area contributed by atoms with Crippen molar-refractivity contribution in [2.24, 2.45) is 0 Å². The molecule has 0 fully saturated rings. The molecule has 0 aliphatic carbocycles. The number of benzene rings is 3. The number of hydrogen-bond donors (Lipinski definition) is 2.